The smallest absolute Gasteiger partial charge is 0.271 e. The van der Waals surface area contributed by atoms with Gasteiger partial charge in [-0.15, -0.1) is 0 Å². The number of pyridine rings is 1. The van der Waals surface area contributed by atoms with Gasteiger partial charge in [0.25, 0.3) is 5.91 Å². The zero-order chi connectivity index (χ0) is 17.5. The van der Waals surface area contributed by atoms with Crippen LogP contribution in [0.2, 0.25) is 0 Å². The molecule has 0 saturated carbocycles. The summed E-state index contributed by atoms with van der Waals surface area (Å²) in [6.45, 7) is 0. The van der Waals surface area contributed by atoms with Crippen LogP contribution in [0, 0.1) is 0 Å². The summed E-state index contributed by atoms with van der Waals surface area (Å²) in [4.78, 5) is 16.0. The molecule has 0 aliphatic carbocycles. The largest absolute Gasteiger partial charge is 0.493 e. The van der Waals surface area contributed by atoms with E-state index in [4.69, 9.17) is 14.2 Å². The number of nitrogens with one attached hydrogen (secondary N) is 1. The Morgan fingerprint density at radius 1 is 1.17 bits per heavy atom. The van der Waals surface area contributed by atoms with Crippen molar-refractivity contribution in [1.82, 2.24) is 10.4 Å². The van der Waals surface area contributed by atoms with Gasteiger partial charge in [-0.2, -0.15) is 5.10 Å². The van der Waals surface area contributed by atoms with Gasteiger partial charge >= 0.3 is 0 Å². The maximum absolute atomic E-state index is 12.0. The number of amides is 1. The molecule has 0 aliphatic rings. The highest BCUT2D eigenvalue weighted by atomic mass is 79.9. The first-order valence-corrected chi connectivity index (χ1v) is 7.64. The second kappa shape index (κ2) is 8.30. The number of methoxy groups -OCH3 is 3. The SMILES string of the molecule is COc1ccc(/C=N/NC(=O)c2ccnc(Br)c2)c(OC)c1OC. The topological polar surface area (TPSA) is 82.0 Å². The minimum atomic E-state index is -0.353. The first-order chi connectivity index (χ1) is 11.6. The van der Waals surface area contributed by atoms with Crippen molar-refractivity contribution in [3.8, 4) is 17.2 Å². The highest BCUT2D eigenvalue weighted by Gasteiger charge is 2.14. The lowest BCUT2D eigenvalue weighted by molar-refractivity contribution is 0.0955. The zero-order valence-electron chi connectivity index (χ0n) is 13.4. The Morgan fingerprint density at radius 3 is 2.54 bits per heavy atom. The summed E-state index contributed by atoms with van der Waals surface area (Å²) in [5.41, 5.74) is 3.52. The lowest BCUT2D eigenvalue weighted by Crippen LogP contribution is -2.17. The van der Waals surface area contributed by atoms with Crippen molar-refractivity contribution >= 4 is 28.1 Å². The molecule has 0 aliphatic heterocycles. The highest BCUT2D eigenvalue weighted by Crippen LogP contribution is 2.38. The molecule has 24 heavy (non-hydrogen) atoms. The molecule has 2 aromatic rings. The van der Waals surface area contributed by atoms with Gasteiger partial charge in [0, 0.05) is 17.3 Å². The van der Waals surface area contributed by atoms with E-state index in [0.717, 1.165) is 0 Å². The van der Waals surface area contributed by atoms with Crippen LogP contribution >= 0.6 is 15.9 Å². The molecule has 1 N–H and O–H groups in total. The minimum Gasteiger partial charge on any atom is -0.493 e. The van der Waals surface area contributed by atoms with Crippen molar-refractivity contribution in [2.45, 2.75) is 0 Å². The molecule has 0 spiro atoms. The van der Waals surface area contributed by atoms with E-state index in [1.54, 1.807) is 24.3 Å². The standard InChI is InChI=1S/C16H16BrN3O4/c1-22-12-5-4-11(14(23-2)15(12)24-3)9-19-20-16(21)10-6-7-18-13(17)8-10/h4-9H,1-3H3,(H,20,21)/b19-9+. The van der Waals surface area contributed by atoms with Crippen LogP contribution in [0.25, 0.3) is 0 Å². The molecule has 0 fully saturated rings. The van der Waals surface area contributed by atoms with Crippen LogP contribution < -0.4 is 19.6 Å². The lowest BCUT2D eigenvalue weighted by atomic mass is 10.2. The average Bonchev–Trinajstić information content (AvgIpc) is 2.60. The number of carbonyl (C=O) groups is 1. The Morgan fingerprint density at radius 2 is 1.92 bits per heavy atom. The molecule has 1 amide bonds. The summed E-state index contributed by atoms with van der Waals surface area (Å²) in [7, 11) is 4.57. The van der Waals surface area contributed by atoms with E-state index in [-0.39, 0.29) is 5.91 Å². The van der Waals surface area contributed by atoms with Gasteiger partial charge in [0.15, 0.2) is 11.5 Å². The van der Waals surface area contributed by atoms with Gasteiger partial charge in [0.2, 0.25) is 5.75 Å². The van der Waals surface area contributed by atoms with Crippen molar-refractivity contribution in [3.63, 3.8) is 0 Å². The molecule has 0 radical (unpaired) electrons. The molecule has 0 saturated heterocycles. The highest BCUT2D eigenvalue weighted by molar-refractivity contribution is 9.10. The Kier molecular flexibility index (Phi) is 6.14. The van der Waals surface area contributed by atoms with Gasteiger partial charge in [-0.05, 0) is 40.2 Å². The van der Waals surface area contributed by atoms with E-state index in [0.29, 0.717) is 33.0 Å². The van der Waals surface area contributed by atoms with Crippen LogP contribution in [0.15, 0.2) is 40.2 Å². The van der Waals surface area contributed by atoms with Crippen LogP contribution in [0.5, 0.6) is 17.2 Å². The number of aromatic nitrogens is 1. The summed E-state index contributed by atoms with van der Waals surface area (Å²) in [5, 5.41) is 3.95. The molecule has 8 heteroatoms. The molecule has 0 bridgehead atoms. The Balaban J connectivity index is 2.18. The third-order valence-electron chi connectivity index (χ3n) is 3.09. The first kappa shape index (κ1) is 17.7. The Bertz CT molecular complexity index is 765. The van der Waals surface area contributed by atoms with Crippen LogP contribution in [-0.2, 0) is 0 Å². The summed E-state index contributed by atoms with van der Waals surface area (Å²) in [6, 6.07) is 6.66. The average molecular weight is 394 g/mol. The lowest BCUT2D eigenvalue weighted by Gasteiger charge is -2.13. The molecule has 0 atom stereocenters. The van der Waals surface area contributed by atoms with Crippen molar-refractivity contribution in [2.75, 3.05) is 21.3 Å². The van der Waals surface area contributed by atoms with Crippen LogP contribution in [0.4, 0.5) is 0 Å². The number of ether oxygens (including phenoxy) is 3. The Labute approximate surface area is 147 Å². The Hall–Kier alpha value is -2.61. The van der Waals surface area contributed by atoms with Gasteiger partial charge in [0.05, 0.1) is 27.5 Å². The quantitative estimate of drug-likeness (QED) is 0.463. The van der Waals surface area contributed by atoms with Crippen molar-refractivity contribution in [1.29, 1.82) is 0 Å². The van der Waals surface area contributed by atoms with Gasteiger partial charge in [-0.1, -0.05) is 0 Å². The van der Waals surface area contributed by atoms with Crippen LogP contribution in [-0.4, -0.2) is 38.4 Å². The summed E-state index contributed by atoms with van der Waals surface area (Å²) in [6.07, 6.45) is 3.00. The number of nitrogens with zero attached hydrogens (tertiary/aromatic N) is 2. The third kappa shape index (κ3) is 4.02. The molecule has 7 nitrogen and oxygen atoms in total. The molecule has 0 unspecified atom stereocenters. The molecule has 1 aromatic heterocycles. The summed E-state index contributed by atoms with van der Waals surface area (Å²) < 4.78 is 16.4. The van der Waals surface area contributed by atoms with Gasteiger partial charge in [-0.3, -0.25) is 4.79 Å². The number of hydrogen-bond acceptors (Lipinski definition) is 6. The molecule has 1 aromatic carbocycles. The molecule has 2 rings (SSSR count). The van der Waals surface area contributed by atoms with Gasteiger partial charge in [-0.25, -0.2) is 10.4 Å². The second-order valence-electron chi connectivity index (χ2n) is 4.49. The zero-order valence-corrected chi connectivity index (χ0v) is 15.0. The van der Waals surface area contributed by atoms with Crippen LogP contribution in [0.3, 0.4) is 0 Å². The van der Waals surface area contributed by atoms with E-state index in [1.165, 1.54) is 33.7 Å². The van der Waals surface area contributed by atoms with E-state index < -0.39 is 0 Å². The van der Waals surface area contributed by atoms with Gasteiger partial charge in [0.1, 0.15) is 4.60 Å². The number of hydrogen-bond donors (Lipinski definition) is 1. The normalized spacial score (nSPS) is 10.5. The number of rotatable bonds is 6. The van der Waals surface area contributed by atoms with E-state index >= 15 is 0 Å². The third-order valence-corrected chi connectivity index (χ3v) is 3.53. The van der Waals surface area contributed by atoms with E-state index in [2.05, 4.69) is 31.4 Å². The second-order valence-corrected chi connectivity index (χ2v) is 5.30. The van der Waals surface area contributed by atoms with Crippen molar-refractivity contribution in [2.24, 2.45) is 5.10 Å². The summed E-state index contributed by atoms with van der Waals surface area (Å²) >= 11 is 3.21. The fraction of sp³-hybridized carbons (Fsp3) is 0.188. The molecular formula is C16H16BrN3O4. The number of halogens is 1. The number of carbonyl (C=O) groups excluding carboxylic acids is 1. The maximum Gasteiger partial charge on any atom is 0.271 e. The van der Waals surface area contributed by atoms with Crippen LogP contribution in [0.1, 0.15) is 15.9 Å². The predicted molar refractivity (Wildman–Crippen MR) is 93.1 cm³/mol. The van der Waals surface area contributed by atoms with Gasteiger partial charge < -0.3 is 14.2 Å². The van der Waals surface area contributed by atoms with E-state index in [1.807, 2.05) is 0 Å². The molecule has 126 valence electrons. The molecular weight excluding hydrogens is 378 g/mol. The monoisotopic (exact) mass is 393 g/mol. The van der Waals surface area contributed by atoms with Crippen molar-refractivity contribution < 1.29 is 19.0 Å². The summed E-state index contributed by atoms with van der Waals surface area (Å²) in [5.74, 6) is 1.10. The fourth-order valence-corrected chi connectivity index (χ4v) is 2.36. The van der Waals surface area contributed by atoms with E-state index in [9.17, 15) is 4.79 Å². The fourth-order valence-electron chi connectivity index (χ4n) is 1.99. The maximum atomic E-state index is 12.0. The van der Waals surface area contributed by atoms with Crippen molar-refractivity contribution in [3.05, 3.63) is 46.2 Å². The molecule has 1 heterocycles. The number of hydrazone groups is 1. The predicted octanol–water partition coefficient (Wildman–Crippen LogP) is 2.63. The number of benzene rings is 1. The minimum absolute atomic E-state index is 0.353. The first-order valence-electron chi connectivity index (χ1n) is 6.84.